The Balaban J connectivity index is 1.99. The summed E-state index contributed by atoms with van der Waals surface area (Å²) in [7, 11) is 0. The second kappa shape index (κ2) is 4.15. The first-order valence-electron chi connectivity index (χ1n) is 5.54. The van der Waals surface area contributed by atoms with Crippen molar-refractivity contribution in [1.29, 1.82) is 0 Å². The van der Waals surface area contributed by atoms with Gasteiger partial charge in [0.15, 0.2) is 5.69 Å². The largest absolute Gasteiger partial charge is 0.461 e. The molecule has 16 heavy (non-hydrogen) atoms. The van der Waals surface area contributed by atoms with Crippen molar-refractivity contribution >= 4 is 12.0 Å². The van der Waals surface area contributed by atoms with Gasteiger partial charge >= 0.3 is 5.97 Å². The summed E-state index contributed by atoms with van der Waals surface area (Å²) in [4.78, 5) is 15.4. The summed E-state index contributed by atoms with van der Waals surface area (Å²) in [6, 6.07) is 0.394. The third-order valence-corrected chi connectivity index (χ3v) is 2.85. The molecule has 0 saturated heterocycles. The van der Waals surface area contributed by atoms with E-state index in [9.17, 15) is 4.79 Å². The van der Waals surface area contributed by atoms with Gasteiger partial charge in [0.25, 0.3) is 6.01 Å². The molecule has 0 amide bonds. The van der Waals surface area contributed by atoms with Crippen LogP contribution in [0.15, 0.2) is 10.7 Å². The third-order valence-electron chi connectivity index (χ3n) is 2.85. The van der Waals surface area contributed by atoms with Crippen LogP contribution in [0.2, 0.25) is 0 Å². The summed E-state index contributed by atoms with van der Waals surface area (Å²) in [5.74, 6) is -0.446. The van der Waals surface area contributed by atoms with Gasteiger partial charge in [-0.2, -0.15) is 4.98 Å². The Morgan fingerprint density at radius 1 is 1.69 bits per heavy atom. The van der Waals surface area contributed by atoms with E-state index in [0.29, 0.717) is 12.6 Å². The van der Waals surface area contributed by atoms with Gasteiger partial charge in [-0.1, -0.05) is 0 Å². The lowest BCUT2D eigenvalue weighted by Crippen LogP contribution is -2.41. The average Bonchev–Trinajstić information content (AvgIpc) is 2.64. The Hall–Kier alpha value is -1.52. The minimum absolute atomic E-state index is 0.0663. The molecule has 1 aliphatic rings. The number of nitrogens with zero attached hydrogens (tertiary/aromatic N) is 1. The molecule has 88 valence electrons. The molecule has 0 unspecified atom stereocenters. The SMILES string of the molecule is CCOC(=O)c1coc(NC2(C)CCC2)n1. The summed E-state index contributed by atoms with van der Waals surface area (Å²) < 4.78 is 10.0. The molecule has 1 aliphatic carbocycles. The summed E-state index contributed by atoms with van der Waals surface area (Å²) in [5, 5.41) is 3.19. The predicted octanol–water partition coefficient (Wildman–Crippen LogP) is 2.21. The molecule has 1 aromatic heterocycles. The number of anilines is 1. The van der Waals surface area contributed by atoms with Crippen LogP contribution in [0, 0.1) is 0 Å². The van der Waals surface area contributed by atoms with E-state index in [0.717, 1.165) is 12.8 Å². The molecule has 1 fully saturated rings. The van der Waals surface area contributed by atoms with Gasteiger partial charge in [-0.25, -0.2) is 4.79 Å². The van der Waals surface area contributed by atoms with E-state index in [4.69, 9.17) is 9.15 Å². The fourth-order valence-corrected chi connectivity index (χ4v) is 1.72. The first-order valence-corrected chi connectivity index (χ1v) is 5.54. The molecule has 0 bridgehead atoms. The lowest BCUT2D eigenvalue weighted by atomic mass is 9.79. The number of ether oxygens (including phenoxy) is 1. The average molecular weight is 224 g/mol. The van der Waals surface area contributed by atoms with E-state index in [1.165, 1.54) is 12.7 Å². The zero-order chi connectivity index (χ0) is 11.6. The first-order chi connectivity index (χ1) is 7.63. The van der Waals surface area contributed by atoms with E-state index in [1.807, 2.05) is 0 Å². The Morgan fingerprint density at radius 3 is 3.00 bits per heavy atom. The molecule has 1 saturated carbocycles. The zero-order valence-electron chi connectivity index (χ0n) is 9.58. The van der Waals surface area contributed by atoms with Crippen LogP contribution in [-0.2, 0) is 4.74 Å². The molecule has 5 nitrogen and oxygen atoms in total. The van der Waals surface area contributed by atoms with Crippen LogP contribution in [0.3, 0.4) is 0 Å². The van der Waals surface area contributed by atoms with Crippen LogP contribution in [-0.4, -0.2) is 23.1 Å². The molecule has 2 rings (SSSR count). The summed E-state index contributed by atoms with van der Waals surface area (Å²) in [6.07, 6.45) is 4.74. The highest BCUT2D eigenvalue weighted by Gasteiger charge is 2.33. The molecule has 1 aromatic rings. The number of nitrogens with one attached hydrogen (secondary N) is 1. The molecule has 1 heterocycles. The van der Waals surface area contributed by atoms with Crippen molar-refractivity contribution in [2.45, 2.75) is 38.6 Å². The van der Waals surface area contributed by atoms with E-state index in [-0.39, 0.29) is 11.2 Å². The zero-order valence-corrected chi connectivity index (χ0v) is 9.58. The second-order valence-electron chi connectivity index (χ2n) is 4.30. The van der Waals surface area contributed by atoms with Crippen molar-refractivity contribution < 1.29 is 13.9 Å². The monoisotopic (exact) mass is 224 g/mol. The lowest BCUT2D eigenvalue weighted by Gasteiger charge is -2.38. The van der Waals surface area contributed by atoms with Crippen molar-refractivity contribution in [3.8, 4) is 0 Å². The third kappa shape index (κ3) is 2.18. The van der Waals surface area contributed by atoms with Gasteiger partial charge in [0, 0.05) is 5.54 Å². The number of aromatic nitrogens is 1. The van der Waals surface area contributed by atoms with Gasteiger partial charge in [0.05, 0.1) is 6.61 Å². The highest BCUT2D eigenvalue weighted by molar-refractivity contribution is 5.87. The summed E-state index contributed by atoms with van der Waals surface area (Å²) >= 11 is 0. The summed E-state index contributed by atoms with van der Waals surface area (Å²) in [6.45, 7) is 4.21. The number of rotatable bonds is 4. The van der Waals surface area contributed by atoms with Crippen molar-refractivity contribution in [3.63, 3.8) is 0 Å². The van der Waals surface area contributed by atoms with Crippen LogP contribution in [0.1, 0.15) is 43.6 Å². The van der Waals surface area contributed by atoms with Gasteiger partial charge in [-0.05, 0) is 33.1 Å². The van der Waals surface area contributed by atoms with Gasteiger partial charge in [-0.3, -0.25) is 0 Å². The van der Waals surface area contributed by atoms with Gasteiger partial charge in [0.1, 0.15) is 6.26 Å². The lowest BCUT2D eigenvalue weighted by molar-refractivity contribution is 0.0519. The maximum Gasteiger partial charge on any atom is 0.360 e. The van der Waals surface area contributed by atoms with E-state index >= 15 is 0 Å². The van der Waals surface area contributed by atoms with Crippen molar-refractivity contribution in [2.75, 3.05) is 11.9 Å². The normalized spacial score (nSPS) is 17.6. The Bertz CT molecular complexity index is 382. The fourth-order valence-electron chi connectivity index (χ4n) is 1.72. The smallest absolute Gasteiger partial charge is 0.360 e. The maximum absolute atomic E-state index is 11.3. The quantitative estimate of drug-likeness (QED) is 0.794. The molecule has 0 spiro atoms. The highest BCUT2D eigenvalue weighted by atomic mass is 16.5. The van der Waals surface area contributed by atoms with Crippen molar-refractivity contribution in [2.24, 2.45) is 0 Å². The molecule has 0 aromatic carbocycles. The minimum atomic E-state index is -0.446. The van der Waals surface area contributed by atoms with E-state index < -0.39 is 5.97 Å². The maximum atomic E-state index is 11.3. The van der Waals surface area contributed by atoms with Crippen LogP contribution in [0.5, 0.6) is 0 Å². The molecular formula is C11H16N2O3. The number of oxazole rings is 1. The first kappa shape index (κ1) is 11.0. The fraction of sp³-hybridized carbons (Fsp3) is 0.636. The highest BCUT2D eigenvalue weighted by Crippen LogP contribution is 2.34. The number of hydrogen-bond donors (Lipinski definition) is 1. The molecule has 5 heteroatoms. The van der Waals surface area contributed by atoms with Crippen LogP contribution >= 0.6 is 0 Å². The molecule has 0 aliphatic heterocycles. The van der Waals surface area contributed by atoms with Crippen molar-refractivity contribution in [3.05, 3.63) is 12.0 Å². The molecule has 0 atom stereocenters. The molecular weight excluding hydrogens is 208 g/mol. The molecule has 0 radical (unpaired) electrons. The molecule has 1 N–H and O–H groups in total. The second-order valence-corrected chi connectivity index (χ2v) is 4.30. The van der Waals surface area contributed by atoms with E-state index in [2.05, 4.69) is 17.2 Å². The van der Waals surface area contributed by atoms with Crippen molar-refractivity contribution in [1.82, 2.24) is 4.98 Å². The topological polar surface area (TPSA) is 64.4 Å². The van der Waals surface area contributed by atoms with Crippen LogP contribution in [0.4, 0.5) is 6.01 Å². The Kier molecular flexibility index (Phi) is 2.85. The number of esters is 1. The minimum Gasteiger partial charge on any atom is -0.461 e. The number of carbonyl (C=O) groups excluding carboxylic acids is 1. The summed E-state index contributed by atoms with van der Waals surface area (Å²) in [5.41, 5.74) is 0.281. The van der Waals surface area contributed by atoms with Crippen LogP contribution < -0.4 is 5.32 Å². The van der Waals surface area contributed by atoms with Crippen LogP contribution in [0.25, 0.3) is 0 Å². The number of hydrogen-bond acceptors (Lipinski definition) is 5. The van der Waals surface area contributed by atoms with E-state index in [1.54, 1.807) is 6.92 Å². The Labute approximate surface area is 94.2 Å². The van der Waals surface area contributed by atoms with Gasteiger partial charge in [-0.15, -0.1) is 0 Å². The number of carbonyl (C=O) groups is 1. The van der Waals surface area contributed by atoms with Gasteiger partial charge < -0.3 is 14.5 Å². The Morgan fingerprint density at radius 2 is 2.44 bits per heavy atom. The predicted molar refractivity (Wildman–Crippen MR) is 58.3 cm³/mol. The van der Waals surface area contributed by atoms with Gasteiger partial charge in [0.2, 0.25) is 0 Å². The standard InChI is InChI=1S/C11H16N2O3/c1-3-15-9(14)8-7-16-10(12-8)13-11(2)5-4-6-11/h7H,3-6H2,1-2H3,(H,12,13).